The van der Waals surface area contributed by atoms with Gasteiger partial charge >= 0.3 is 0 Å². The zero-order valence-electron chi connectivity index (χ0n) is 8.55. The van der Waals surface area contributed by atoms with Crippen LogP contribution in [0.25, 0.3) is 0 Å². The Morgan fingerprint density at radius 3 is 2.87 bits per heavy atom. The fourth-order valence-electron chi connectivity index (χ4n) is 1.06. The predicted molar refractivity (Wildman–Crippen MR) is 65.6 cm³/mol. The lowest BCUT2D eigenvalue weighted by Gasteiger charge is -2.10. The summed E-state index contributed by atoms with van der Waals surface area (Å²) in [7, 11) is 0. The third-order valence-electron chi connectivity index (χ3n) is 1.95. The van der Waals surface area contributed by atoms with E-state index in [1.165, 1.54) is 0 Å². The molecule has 82 valence electrons. The number of carbonyl (C=O) groups excluding carboxylic acids is 1. The maximum Gasteiger partial charge on any atom is 0.238 e. The van der Waals surface area contributed by atoms with Gasteiger partial charge in [0.15, 0.2) is 0 Å². The molecule has 0 fully saturated rings. The Balaban J connectivity index is 2.77. The van der Waals surface area contributed by atoms with Gasteiger partial charge in [0.1, 0.15) is 5.15 Å². The van der Waals surface area contributed by atoms with Crippen LogP contribution in [-0.4, -0.2) is 15.7 Å². The minimum absolute atomic E-state index is 0.0651. The smallest absolute Gasteiger partial charge is 0.238 e. The van der Waals surface area contributed by atoms with Crippen LogP contribution >= 0.6 is 27.5 Å². The average Bonchev–Trinajstić information content (AvgIpc) is 2.20. The molecule has 0 saturated heterocycles. The molecule has 1 heterocycles. The normalized spacial score (nSPS) is 12.3. The number of nitrogens with one attached hydrogen (secondary N) is 1. The molecule has 0 aliphatic heterocycles. The van der Waals surface area contributed by atoms with Gasteiger partial charge in [-0.05, 0) is 25.5 Å². The van der Waals surface area contributed by atoms with E-state index >= 15 is 0 Å². The minimum atomic E-state index is -0.174. The van der Waals surface area contributed by atoms with Gasteiger partial charge in [-0.1, -0.05) is 34.5 Å². The number of hydrogen-bond donors (Lipinski definition) is 1. The van der Waals surface area contributed by atoms with Crippen molar-refractivity contribution < 1.29 is 4.79 Å². The molecule has 1 amide bonds. The Hall–Kier alpha value is -0.610. The van der Waals surface area contributed by atoms with Crippen LogP contribution in [0.4, 0.5) is 5.69 Å². The van der Waals surface area contributed by atoms with Crippen LogP contribution in [0.5, 0.6) is 0 Å². The molecule has 1 aromatic heterocycles. The van der Waals surface area contributed by atoms with Crippen LogP contribution in [0.15, 0.2) is 12.1 Å². The summed E-state index contributed by atoms with van der Waals surface area (Å²) >= 11 is 8.99. The van der Waals surface area contributed by atoms with E-state index in [0.717, 1.165) is 6.42 Å². The van der Waals surface area contributed by atoms with Crippen LogP contribution in [0.1, 0.15) is 19.0 Å². The monoisotopic (exact) mass is 290 g/mol. The molecule has 0 saturated carbocycles. The first-order valence-electron chi connectivity index (χ1n) is 4.62. The molecule has 0 bridgehead atoms. The predicted octanol–water partition coefficient (Wildman–Crippen LogP) is 3.16. The highest BCUT2D eigenvalue weighted by molar-refractivity contribution is 9.10. The lowest BCUT2D eigenvalue weighted by molar-refractivity contribution is -0.115. The van der Waals surface area contributed by atoms with Gasteiger partial charge in [-0.3, -0.25) is 4.79 Å². The van der Waals surface area contributed by atoms with Gasteiger partial charge in [0, 0.05) is 0 Å². The molecule has 0 aliphatic carbocycles. The van der Waals surface area contributed by atoms with E-state index in [1.807, 2.05) is 6.92 Å². The van der Waals surface area contributed by atoms with Crippen molar-refractivity contribution >= 4 is 39.1 Å². The maximum absolute atomic E-state index is 11.6. The van der Waals surface area contributed by atoms with Gasteiger partial charge in [-0.25, -0.2) is 4.98 Å². The molecule has 3 nitrogen and oxygen atoms in total. The second-order valence-electron chi connectivity index (χ2n) is 3.13. The van der Waals surface area contributed by atoms with Crippen LogP contribution in [0.3, 0.4) is 0 Å². The average molecular weight is 292 g/mol. The molecule has 0 spiro atoms. The molecular weight excluding hydrogens is 279 g/mol. The number of pyridine rings is 1. The molecule has 1 unspecified atom stereocenters. The number of alkyl halides is 1. The standard InChI is InChI=1S/C10H12BrClN2O/c1-3-7(11)10(15)14-8-4-5-9(12)13-6(8)2/h4-5,7H,3H2,1-2H3,(H,14,15). The Morgan fingerprint density at radius 2 is 2.33 bits per heavy atom. The van der Waals surface area contributed by atoms with Crippen LogP contribution in [-0.2, 0) is 4.79 Å². The fraction of sp³-hybridized carbons (Fsp3) is 0.400. The summed E-state index contributed by atoms with van der Waals surface area (Å²) < 4.78 is 0. The van der Waals surface area contributed by atoms with E-state index in [4.69, 9.17) is 11.6 Å². The maximum atomic E-state index is 11.6. The lowest BCUT2D eigenvalue weighted by atomic mass is 10.3. The summed E-state index contributed by atoms with van der Waals surface area (Å²) in [5.41, 5.74) is 1.41. The van der Waals surface area contributed by atoms with Crippen molar-refractivity contribution in [3.05, 3.63) is 23.0 Å². The van der Waals surface area contributed by atoms with E-state index < -0.39 is 0 Å². The summed E-state index contributed by atoms with van der Waals surface area (Å²) in [6, 6.07) is 3.40. The molecule has 1 rings (SSSR count). The number of anilines is 1. The summed E-state index contributed by atoms with van der Waals surface area (Å²) in [6.45, 7) is 3.74. The number of hydrogen-bond acceptors (Lipinski definition) is 2. The van der Waals surface area contributed by atoms with E-state index in [-0.39, 0.29) is 10.7 Å². The Bertz CT molecular complexity index is 370. The summed E-state index contributed by atoms with van der Waals surface area (Å²) in [6.07, 6.45) is 0.742. The molecule has 1 aromatic rings. The van der Waals surface area contributed by atoms with Crippen molar-refractivity contribution in [2.75, 3.05) is 5.32 Å². The van der Waals surface area contributed by atoms with Crippen molar-refractivity contribution in [3.63, 3.8) is 0 Å². The van der Waals surface area contributed by atoms with Crippen LogP contribution < -0.4 is 5.32 Å². The molecule has 0 aliphatic rings. The first kappa shape index (κ1) is 12.5. The van der Waals surface area contributed by atoms with Crippen LogP contribution in [0, 0.1) is 6.92 Å². The Labute approximate surface area is 102 Å². The van der Waals surface area contributed by atoms with Crippen molar-refractivity contribution in [2.45, 2.75) is 25.1 Å². The molecule has 0 aromatic carbocycles. The largest absolute Gasteiger partial charge is 0.324 e. The van der Waals surface area contributed by atoms with Gasteiger partial charge < -0.3 is 5.32 Å². The highest BCUT2D eigenvalue weighted by Crippen LogP contribution is 2.17. The number of amides is 1. The first-order chi connectivity index (χ1) is 7.04. The number of carbonyl (C=O) groups is 1. The quantitative estimate of drug-likeness (QED) is 0.686. The summed E-state index contributed by atoms with van der Waals surface area (Å²) in [5, 5.41) is 3.21. The van der Waals surface area contributed by atoms with Gasteiger partial charge in [0.2, 0.25) is 5.91 Å². The zero-order chi connectivity index (χ0) is 11.4. The highest BCUT2D eigenvalue weighted by atomic mass is 79.9. The van der Waals surface area contributed by atoms with E-state index in [1.54, 1.807) is 19.1 Å². The number of halogens is 2. The first-order valence-corrected chi connectivity index (χ1v) is 5.92. The van der Waals surface area contributed by atoms with Crippen LogP contribution in [0.2, 0.25) is 5.15 Å². The number of rotatable bonds is 3. The topological polar surface area (TPSA) is 42.0 Å². The van der Waals surface area contributed by atoms with Gasteiger partial charge in [0.05, 0.1) is 16.2 Å². The van der Waals surface area contributed by atoms with Gasteiger partial charge in [-0.15, -0.1) is 0 Å². The Morgan fingerprint density at radius 1 is 1.67 bits per heavy atom. The lowest BCUT2D eigenvalue weighted by Crippen LogP contribution is -2.22. The molecule has 1 atom stereocenters. The van der Waals surface area contributed by atoms with Crippen molar-refractivity contribution in [2.24, 2.45) is 0 Å². The SMILES string of the molecule is CCC(Br)C(=O)Nc1ccc(Cl)nc1C. The van der Waals surface area contributed by atoms with Crippen molar-refractivity contribution in [1.29, 1.82) is 0 Å². The molecule has 5 heteroatoms. The number of aryl methyl sites for hydroxylation is 1. The zero-order valence-corrected chi connectivity index (χ0v) is 10.9. The summed E-state index contributed by atoms with van der Waals surface area (Å²) in [5.74, 6) is -0.0651. The van der Waals surface area contributed by atoms with E-state index in [9.17, 15) is 4.79 Å². The van der Waals surface area contributed by atoms with E-state index in [0.29, 0.717) is 16.5 Å². The summed E-state index contributed by atoms with van der Waals surface area (Å²) in [4.78, 5) is 15.4. The van der Waals surface area contributed by atoms with Crippen molar-refractivity contribution in [3.8, 4) is 0 Å². The molecular formula is C10H12BrClN2O. The Kier molecular flexibility index (Phi) is 4.54. The second-order valence-corrected chi connectivity index (χ2v) is 4.62. The second kappa shape index (κ2) is 5.47. The van der Waals surface area contributed by atoms with E-state index in [2.05, 4.69) is 26.2 Å². The molecule has 0 radical (unpaired) electrons. The highest BCUT2D eigenvalue weighted by Gasteiger charge is 2.13. The van der Waals surface area contributed by atoms with Crippen molar-refractivity contribution in [1.82, 2.24) is 4.98 Å². The number of aromatic nitrogens is 1. The van der Waals surface area contributed by atoms with Gasteiger partial charge in [0.25, 0.3) is 0 Å². The minimum Gasteiger partial charge on any atom is -0.324 e. The third kappa shape index (κ3) is 3.47. The fourth-order valence-corrected chi connectivity index (χ4v) is 1.36. The third-order valence-corrected chi connectivity index (χ3v) is 3.23. The molecule has 1 N–H and O–H groups in total. The number of nitrogens with zero attached hydrogens (tertiary/aromatic N) is 1. The van der Waals surface area contributed by atoms with Gasteiger partial charge in [-0.2, -0.15) is 0 Å². The molecule has 15 heavy (non-hydrogen) atoms.